The molecular formula is C22H20N2O7S. The second-order valence-electron chi connectivity index (χ2n) is 6.80. The minimum absolute atomic E-state index is 0.0318. The normalized spacial score (nSPS) is 11.0. The maximum Gasteiger partial charge on any atom is 0.321 e. The zero-order chi connectivity index (χ0) is 23.1. The topological polar surface area (TPSA) is 125 Å². The second-order valence-corrected chi connectivity index (χ2v) is 8.56. The van der Waals surface area contributed by atoms with Crippen LogP contribution >= 0.6 is 0 Å². The Morgan fingerprint density at radius 3 is 2.06 bits per heavy atom. The number of rotatable bonds is 9. The summed E-state index contributed by atoms with van der Waals surface area (Å²) in [5.41, 5.74) is 1.57. The third kappa shape index (κ3) is 6.37. The van der Waals surface area contributed by atoms with Gasteiger partial charge in [-0.1, -0.05) is 29.8 Å². The molecule has 0 aliphatic heterocycles. The number of hydrogen-bond acceptors (Lipinski definition) is 7. The number of hydrogen-bond donors (Lipinski definition) is 1. The molecule has 0 radical (unpaired) electrons. The van der Waals surface area contributed by atoms with Gasteiger partial charge in [-0.05, 0) is 48.9 Å². The quantitative estimate of drug-likeness (QED) is 0.295. The van der Waals surface area contributed by atoms with Crippen molar-refractivity contribution in [3.63, 3.8) is 0 Å². The van der Waals surface area contributed by atoms with Gasteiger partial charge >= 0.3 is 5.97 Å². The fraction of sp³-hybridized carbons (Fsp3) is 0.136. The summed E-state index contributed by atoms with van der Waals surface area (Å²) in [7, 11) is -3.80. The van der Waals surface area contributed by atoms with E-state index in [1.54, 1.807) is 36.4 Å². The van der Waals surface area contributed by atoms with Crippen molar-refractivity contribution in [1.29, 1.82) is 0 Å². The van der Waals surface area contributed by atoms with Gasteiger partial charge in [0.25, 0.3) is 5.69 Å². The van der Waals surface area contributed by atoms with Crippen molar-refractivity contribution < 1.29 is 27.6 Å². The number of esters is 1. The molecule has 0 spiro atoms. The van der Waals surface area contributed by atoms with E-state index in [1.807, 2.05) is 6.92 Å². The number of benzene rings is 3. The fourth-order valence-corrected chi connectivity index (χ4v) is 3.56. The van der Waals surface area contributed by atoms with Gasteiger partial charge in [0.2, 0.25) is 10.0 Å². The van der Waals surface area contributed by atoms with Crippen LogP contribution in [0.1, 0.15) is 11.1 Å². The summed E-state index contributed by atoms with van der Waals surface area (Å²) < 4.78 is 37.3. The molecule has 10 heteroatoms. The highest BCUT2D eigenvalue weighted by Gasteiger charge is 2.16. The number of nitro groups is 1. The number of carbonyl (C=O) groups is 1. The number of nitrogens with zero attached hydrogens (tertiary/aromatic N) is 1. The molecule has 3 rings (SSSR count). The molecule has 0 unspecified atom stereocenters. The average Bonchev–Trinajstić information content (AvgIpc) is 2.78. The molecule has 0 heterocycles. The van der Waals surface area contributed by atoms with E-state index >= 15 is 0 Å². The van der Waals surface area contributed by atoms with Crippen molar-refractivity contribution in [1.82, 2.24) is 4.72 Å². The van der Waals surface area contributed by atoms with Crippen molar-refractivity contribution in [3.05, 3.63) is 94.0 Å². The van der Waals surface area contributed by atoms with E-state index in [2.05, 4.69) is 4.72 Å². The number of sulfonamides is 1. The van der Waals surface area contributed by atoms with Gasteiger partial charge in [-0.15, -0.1) is 0 Å². The Bertz CT molecular complexity index is 1190. The molecule has 3 aromatic rings. The Morgan fingerprint density at radius 1 is 0.938 bits per heavy atom. The Kier molecular flexibility index (Phi) is 7.18. The van der Waals surface area contributed by atoms with Crippen LogP contribution in [0, 0.1) is 17.0 Å². The zero-order valence-corrected chi connectivity index (χ0v) is 17.9. The summed E-state index contributed by atoms with van der Waals surface area (Å²) in [5, 5.41) is 10.7. The third-order valence-corrected chi connectivity index (χ3v) is 5.76. The molecule has 0 aliphatic rings. The predicted molar refractivity (Wildman–Crippen MR) is 116 cm³/mol. The number of nitro benzene ring substituents is 1. The average molecular weight is 456 g/mol. The van der Waals surface area contributed by atoms with Crippen LogP contribution in [-0.2, 0) is 26.2 Å². The molecule has 0 saturated carbocycles. The Labute approximate surface area is 184 Å². The van der Waals surface area contributed by atoms with E-state index in [1.165, 1.54) is 36.4 Å². The molecule has 0 fully saturated rings. The highest BCUT2D eigenvalue weighted by Crippen LogP contribution is 2.24. The van der Waals surface area contributed by atoms with E-state index in [-0.39, 0.29) is 17.2 Å². The van der Waals surface area contributed by atoms with Crippen LogP contribution in [0.2, 0.25) is 0 Å². The van der Waals surface area contributed by atoms with Crippen LogP contribution in [0.4, 0.5) is 5.69 Å². The van der Waals surface area contributed by atoms with Crippen molar-refractivity contribution in [3.8, 4) is 11.5 Å². The van der Waals surface area contributed by atoms with Crippen LogP contribution in [-0.4, -0.2) is 25.9 Å². The summed E-state index contributed by atoms with van der Waals surface area (Å²) in [6.45, 7) is 1.32. The molecule has 3 aromatic carbocycles. The highest BCUT2D eigenvalue weighted by molar-refractivity contribution is 7.89. The molecule has 0 saturated heterocycles. The van der Waals surface area contributed by atoms with E-state index in [9.17, 15) is 23.3 Å². The van der Waals surface area contributed by atoms with E-state index in [4.69, 9.17) is 9.47 Å². The molecule has 9 nitrogen and oxygen atoms in total. The lowest BCUT2D eigenvalue weighted by Gasteiger charge is -2.09. The molecule has 0 aliphatic carbocycles. The van der Waals surface area contributed by atoms with E-state index < -0.39 is 27.5 Å². The lowest BCUT2D eigenvalue weighted by molar-refractivity contribution is -0.384. The molecule has 0 atom stereocenters. The van der Waals surface area contributed by atoms with Crippen LogP contribution in [0.5, 0.6) is 11.5 Å². The molecule has 0 amide bonds. The first kappa shape index (κ1) is 22.9. The summed E-state index contributed by atoms with van der Waals surface area (Å²) >= 11 is 0. The Morgan fingerprint density at radius 2 is 1.50 bits per heavy atom. The van der Waals surface area contributed by atoms with Crippen LogP contribution < -0.4 is 9.46 Å². The fourth-order valence-electron chi connectivity index (χ4n) is 2.60. The monoisotopic (exact) mass is 456 g/mol. The summed E-state index contributed by atoms with van der Waals surface area (Å²) in [4.78, 5) is 22.2. The van der Waals surface area contributed by atoms with Crippen molar-refractivity contribution in [2.75, 3.05) is 6.54 Å². The first-order chi connectivity index (χ1) is 15.2. The first-order valence-electron chi connectivity index (χ1n) is 9.46. The number of aryl methyl sites for hydroxylation is 1. The number of ether oxygens (including phenoxy) is 2. The number of nitrogens with one attached hydrogen (secondary N) is 1. The minimum Gasteiger partial charge on any atom is -0.460 e. The smallest absolute Gasteiger partial charge is 0.321 e. The minimum atomic E-state index is -3.80. The van der Waals surface area contributed by atoms with Gasteiger partial charge in [-0.2, -0.15) is 4.72 Å². The van der Waals surface area contributed by atoms with E-state index in [0.29, 0.717) is 17.1 Å². The highest BCUT2D eigenvalue weighted by atomic mass is 32.2. The van der Waals surface area contributed by atoms with E-state index in [0.717, 1.165) is 5.56 Å². The lowest BCUT2D eigenvalue weighted by atomic mass is 10.2. The number of non-ortho nitro benzene ring substituents is 1. The third-order valence-electron chi connectivity index (χ3n) is 4.34. The molecule has 0 aromatic heterocycles. The van der Waals surface area contributed by atoms with Gasteiger partial charge in [0.15, 0.2) is 0 Å². The van der Waals surface area contributed by atoms with Crippen LogP contribution in [0.25, 0.3) is 0 Å². The summed E-state index contributed by atoms with van der Waals surface area (Å²) in [6.07, 6.45) is 0. The Balaban J connectivity index is 1.47. The van der Waals surface area contributed by atoms with Gasteiger partial charge in [-0.3, -0.25) is 14.9 Å². The van der Waals surface area contributed by atoms with Gasteiger partial charge in [-0.25, -0.2) is 8.42 Å². The lowest BCUT2D eigenvalue weighted by Crippen LogP contribution is -2.30. The maximum absolute atomic E-state index is 12.2. The summed E-state index contributed by atoms with van der Waals surface area (Å²) in [6, 6.07) is 18.6. The van der Waals surface area contributed by atoms with Crippen molar-refractivity contribution >= 4 is 21.7 Å². The molecule has 0 bridgehead atoms. The standard InChI is InChI=1S/C22H20N2O7S/c1-16-2-12-21(13-3-16)32(28,29)23-14-22(25)30-15-17-4-8-19(9-5-17)31-20-10-6-18(7-11-20)24(26)27/h2-13,23H,14-15H2,1H3. The molecule has 1 N–H and O–H groups in total. The van der Waals surface area contributed by atoms with Crippen LogP contribution in [0.15, 0.2) is 77.7 Å². The molecular weight excluding hydrogens is 436 g/mol. The second kappa shape index (κ2) is 10.0. The SMILES string of the molecule is Cc1ccc(S(=O)(=O)NCC(=O)OCc2ccc(Oc3ccc([N+](=O)[O-])cc3)cc2)cc1. The predicted octanol–water partition coefficient (Wildman–Crippen LogP) is 3.72. The summed E-state index contributed by atoms with van der Waals surface area (Å²) in [5.74, 6) is 0.224. The van der Waals surface area contributed by atoms with Crippen molar-refractivity contribution in [2.45, 2.75) is 18.4 Å². The van der Waals surface area contributed by atoms with Gasteiger partial charge in [0, 0.05) is 12.1 Å². The van der Waals surface area contributed by atoms with Gasteiger partial charge in [0.1, 0.15) is 24.7 Å². The van der Waals surface area contributed by atoms with Gasteiger partial charge in [0.05, 0.1) is 9.82 Å². The maximum atomic E-state index is 12.2. The number of carbonyl (C=O) groups excluding carboxylic acids is 1. The van der Waals surface area contributed by atoms with Gasteiger partial charge < -0.3 is 9.47 Å². The van der Waals surface area contributed by atoms with Crippen LogP contribution in [0.3, 0.4) is 0 Å². The largest absolute Gasteiger partial charge is 0.460 e. The molecule has 166 valence electrons. The zero-order valence-electron chi connectivity index (χ0n) is 17.1. The Hall–Kier alpha value is -3.76. The first-order valence-corrected chi connectivity index (χ1v) is 10.9. The molecule has 32 heavy (non-hydrogen) atoms. The van der Waals surface area contributed by atoms with Crippen molar-refractivity contribution in [2.24, 2.45) is 0 Å².